The van der Waals surface area contributed by atoms with Crippen LogP contribution in [0, 0.1) is 17.8 Å². The lowest BCUT2D eigenvalue weighted by Crippen LogP contribution is -2.35. The third-order valence-corrected chi connectivity index (χ3v) is 9.21. The van der Waals surface area contributed by atoms with Crippen LogP contribution in [-0.2, 0) is 14.3 Å². The van der Waals surface area contributed by atoms with Crippen molar-refractivity contribution in [2.45, 2.75) is 25.4 Å². The van der Waals surface area contributed by atoms with Gasteiger partial charge in [0, 0.05) is 5.92 Å². The van der Waals surface area contributed by atoms with Gasteiger partial charge in [0.2, 0.25) is 11.8 Å². The Balaban J connectivity index is 1.20. The number of anilines is 1. The number of carbonyl (C=O) groups excluding carboxylic acids is 2. The van der Waals surface area contributed by atoms with Crippen molar-refractivity contribution >= 4 is 29.2 Å². The maximum atomic E-state index is 13.9. The van der Waals surface area contributed by atoms with Crippen LogP contribution in [0.4, 0.5) is 5.69 Å². The molecule has 4 aromatic rings. The van der Waals surface area contributed by atoms with Gasteiger partial charge < -0.3 is 14.6 Å². The van der Waals surface area contributed by atoms with Crippen LogP contribution < -0.4 is 9.64 Å². The Kier molecular flexibility index (Phi) is 8.05. The maximum Gasteiger partial charge on any atom is 0.238 e. The third-order valence-electron chi connectivity index (χ3n) is 9.21. The molecule has 2 fully saturated rings. The molecule has 2 heterocycles. The third kappa shape index (κ3) is 5.81. The predicted molar refractivity (Wildman–Crippen MR) is 174 cm³/mol. The molecule has 0 unspecified atom stereocenters. The molecule has 4 atom stereocenters. The minimum Gasteiger partial charge on any atom is -0.508 e. The molecule has 6 nitrogen and oxygen atoms in total. The Morgan fingerprint density at radius 3 is 2.29 bits per heavy atom. The standard InChI is InChI=1S/C39H35NO5/c41-31-16-10-11-26(22-31)21-28(27-12-4-1-5-13-27)19-20-35-36-29(24-44-32-17-8-3-9-18-32)23-33-37(34(36)25-45-35)39(43)40(38(33)42)30-14-6-2-7-15-30/h1-18,21-22,33-35,37,41H,19-20,23-25H2/b28-21-/t33-,34+,35-,37-/m1/s1. The number of hydrogen-bond acceptors (Lipinski definition) is 5. The molecular weight excluding hydrogens is 562 g/mol. The first-order valence-electron chi connectivity index (χ1n) is 15.6. The van der Waals surface area contributed by atoms with E-state index < -0.39 is 11.8 Å². The van der Waals surface area contributed by atoms with E-state index in [1.807, 2.05) is 91.0 Å². The molecule has 2 aliphatic heterocycles. The number of aromatic hydroxyl groups is 1. The van der Waals surface area contributed by atoms with Gasteiger partial charge in [-0.15, -0.1) is 0 Å². The summed E-state index contributed by atoms with van der Waals surface area (Å²) >= 11 is 0. The fourth-order valence-corrected chi connectivity index (χ4v) is 7.18. The van der Waals surface area contributed by atoms with Crippen LogP contribution in [0.2, 0.25) is 0 Å². The maximum absolute atomic E-state index is 13.9. The minimum atomic E-state index is -0.449. The normalized spacial score (nSPS) is 22.8. The second-order valence-electron chi connectivity index (χ2n) is 11.9. The van der Waals surface area contributed by atoms with Gasteiger partial charge in [0.1, 0.15) is 18.1 Å². The molecule has 226 valence electrons. The van der Waals surface area contributed by atoms with Crippen LogP contribution >= 0.6 is 0 Å². The molecular formula is C39H35NO5. The summed E-state index contributed by atoms with van der Waals surface area (Å²) in [6.45, 7) is 0.741. The monoisotopic (exact) mass is 597 g/mol. The molecule has 3 aliphatic rings. The quantitative estimate of drug-likeness (QED) is 0.124. The summed E-state index contributed by atoms with van der Waals surface area (Å²) in [6.07, 6.45) is 3.83. The summed E-state index contributed by atoms with van der Waals surface area (Å²) in [5.74, 6) is -0.355. The molecule has 4 aromatic carbocycles. The zero-order valence-electron chi connectivity index (χ0n) is 24.9. The molecule has 1 N–H and O–H groups in total. The van der Waals surface area contributed by atoms with Gasteiger partial charge in [0.05, 0.1) is 30.2 Å². The van der Waals surface area contributed by atoms with E-state index in [1.165, 1.54) is 4.90 Å². The minimum absolute atomic E-state index is 0.139. The average molecular weight is 598 g/mol. The van der Waals surface area contributed by atoms with Gasteiger partial charge in [-0.3, -0.25) is 14.5 Å². The number of allylic oxidation sites excluding steroid dienone is 1. The number of rotatable bonds is 9. The van der Waals surface area contributed by atoms with E-state index in [4.69, 9.17) is 9.47 Å². The van der Waals surface area contributed by atoms with Crippen molar-refractivity contribution in [3.05, 3.63) is 138 Å². The SMILES string of the molecule is O=C1[C@@H]2[C@@H](CC(COc3ccccc3)=C3[C@@H](CC/C(=C/c4cccc(O)c4)c4ccccc4)OC[C@@H]32)C(=O)N1c1ccccc1. The summed E-state index contributed by atoms with van der Waals surface area (Å²) in [4.78, 5) is 29.1. The number of para-hydroxylation sites is 2. The van der Waals surface area contributed by atoms with E-state index in [0.29, 0.717) is 31.7 Å². The van der Waals surface area contributed by atoms with Crippen LogP contribution in [0.15, 0.2) is 126 Å². The van der Waals surface area contributed by atoms with Crippen molar-refractivity contribution < 1.29 is 24.2 Å². The number of amides is 2. The first-order chi connectivity index (χ1) is 22.1. The summed E-state index contributed by atoms with van der Waals surface area (Å²) in [6, 6.07) is 36.4. The topological polar surface area (TPSA) is 76.1 Å². The molecule has 45 heavy (non-hydrogen) atoms. The lowest BCUT2D eigenvalue weighted by atomic mass is 9.69. The van der Waals surface area contributed by atoms with Crippen LogP contribution in [0.3, 0.4) is 0 Å². The number of phenols is 1. The molecule has 0 spiro atoms. The van der Waals surface area contributed by atoms with Crippen molar-refractivity contribution in [3.8, 4) is 11.5 Å². The largest absolute Gasteiger partial charge is 0.508 e. The number of benzene rings is 4. The first kappa shape index (κ1) is 28.8. The van der Waals surface area contributed by atoms with E-state index in [1.54, 1.807) is 12.1 Å². The van der Waals surface area contributed by atoms with E-state index in [2.05, 4.69) is 18.2 Å². The van der Waals surface area contributed by atoms with Gasteiger partial charge >= 0.3 is 0 Å². The van der Waals surface area contributed by atoms with Crippen LogP contribution in [-0.4, -0.2) is 36.2 Å². The number of phenolic OH excluding ortho intramolecular Hbond substituents is 1. The number of carbonyl (C=O) groups is 2. The van der Waals surface area contributed by atoms with Crippen molar-refractivity contribution in [3.63, 3.8) is 0 Å². The van der Waals surface area contributed by atoms with Gasteiger partial charge in [0.25, 0.3) is 0 Å². The van der Waals surface area contributed by atoms with E-state index in [0.717, 1.165) is 40.0 Å². The Labute approximate surface area is 263 Å². The molecule has 2 amide bonds. The number of imide groups is 1. The molecule has 6 heteroatoms. The van der Waals surface area contributed by atoms with Crippen LogP contribution in [0.5, 0.6) is 11.5 Å². The molecule has 0 radical (unpaired) electrons. The summed E-state index contributed by atoms with van der Waals surface area (Å²) in [5.41, 5.74) is 5.95. The Bertz CT molecular complexity index is 1750. The molecule has 0 bridgehead atoms. The van der Waals surface area contributed by atoms with Crippen molar-refractivity contribution in [1.29, 1.82) is 0 Å². The summed E-state index contributed by atoms with van der Waals surface area (Å²) in [5, 5.41) is 10.1. The van der Waals surface area contributed by atoms with E-state index in [9.17, 15) is 14.7 Å². The molecule has 0 aromatic heterocycles. The lowest BCUT2D eigenvalue weighted by molar-refractivity contribution is -0.122. The summed E-state index contributed by atoms with van der Waals surface area (Å²) < 4.78 is 12.8. The van der Waals surface area contributed by atoms with Crippen molar-refractivity contribution in [2.75, 3.05) is 18.1 Å². The van der Waals surface area contributed by atoms with Crippen molar-refractivity contribution in [1.82, 2.24) is 0 Å². The van der Waals surface area contributed by atoms with Crippen LogP contribution in [0.25, 0.3) is 11.6 Å². The summed E-state index contributed by atoms with van der Waals surface area (Å²) in [7, 11) is 0. The smallest absolute Gasteiger partial charge is 0.238 e. The van der Waals surface area contributed by atoms with Crippen LogP contribution in [0.1, 0.15) is 30.4 Å². The predicted octanol–water partition coefficient (Wildman–Crippen LogP) is 7.31. The van der Waals surface area contributed by atoms with Crippen molar-refractivity contribution in [2.24, 2.45) is 17.8 Å². The number of ether oxygens (including phenoxy) is 2. The molecule has 7 rings (SSSR count). The fraction of sp³-hybridized carbons (Fsp3) is 0.231. The Morgan fingerprint density at radius 1 is 0.844 bits per heavy atom. The van der Waals surface area contributed by atoms with Gasteiger partial charge in [-0.2, -0.15) is 0 Å². The van der Waals surface area contributed by atoms with E-state index >= 15 is 0 Å². The van der Waals surface area contributed by atoms with Gasteiger partial charge in [-0.05, 0) is 83.5 Å². The molecule has 1 aliphatic carbocycles. The number of nitrogens with zero attached hydrogens (tertiary/aromatic N) is 1. The highest BCUT2D eigenvalue weighted by molar-refractivity contribution is 6.22. The highest BCUT2D eigenvalue weighted by atomic mass is 16.5. The van der Waals surface area contributed by atoms with Gasteiger partial charge in [-0.1, -0.05) is 84.9 Å². The highest BCUT2D eigenvalue weighted by Crippen LogP contribution is 2.50. The van der Waals surface area contributed by atoms with E-state index in [-0.39, 0.29) is 29.6 Å². The Morgan fingerprint density at radius 2 is 1.56 bits per heavy atom. The number of fused-ring (bicyclic) bond motifs is 3. The second kappa shape index (κ2) is 12.6. The zero-order valence-corrected chi connectivity index (χ0v) is 24.9. The molecule has 0 saturated carbocycles. The average Bonchev–Trinajstić information content (AvgIpc) is 3.61. The Hall–Kier alpha value is -4.94. The number of hydrogen-bond donors (Lipinski definition) is 1. The molecule has 2 saturated heterocycles. The fourth-order valence-electron chi connectivity index (χ4n) is 7.18. The zero-order chi connectivity index (χ0) is 30.8. The lowest BCUT2D eigenvalue weighted by Gasteiger charge is -2.31. The van der Waals surface area contributed by atoms with Gasteiger partial charge in [0.15, 0.2) is 0 Å². The highest BCUT2D eigenvalue weighted by Gasteiger charge is 2.57. The second-order valence-corrected chi connectivity index (χ2v) is 11.9. The first-order valence-corrected chi connectivity index (χ1v) is 15.6. The van der Waals surface area contributed by atoms with Gasteiger partial charge in [-0.25, -0.2) is 0 Å².